The summed E-state index contributed by atoms with van der Waals surface area (Å²) in [5.41, 5.74) is 0. The fourth-order valence-corrected chi connectivity index (χ4v) is 2.12. The number of aliphatic hydroxyl groups is 2. The van der Waals surface area contributed by atoms with Gasteiger partial charge in [0.1, 0.15) is 18.1 Å². The monoisotopic (exact) mass is 267 g/mol. The molecule has 1 fully saturated rings. The van der Waals surface area contributed by atoms with E-state index in [1.54, 1.807) is 0 Å². The van der Waals surface area contributed by atoms with Crippen LogP contribution in [0.25, 0.3) is 0 Å². The molecule has 0 amide bonds. The third kappa shape index (κ3) is 4.09. The van der Waals surface area contributed by atoms with Gasteiger partial charge in [0.15, 0.2) is 0 Å². The molecule has 5 heteroatoms. The standard InChI is InChI=1S/C14H21NO4/c1-2-18-11-3-5-12(6-4-11)19-8-7-15-9-13(16)14(17)10-15/h3-6,13-14,16-17H,2,7-10H2,1H3/t13-,14+. The number of aliphatic hydroxyl groups excluding tert-OH is 2. The number of hydrogen-bond donors (Lipinski definition) is 2. The molecule has 1 saturated heterocycles. The highest BCUT2D eigenvalue weighted by atomic mass is 16.5. The zero-order valence-corrected chi connectivity index (χ0v) is 11.2. The van der Waals surface area contributed by atoms with Crippen LogP contribution in [-0.4, -0.2) is 60.2 Å². The Bertz CT molecular complexity index is 372. The molecular weight excluding hydrogens is 246 g/mol. The smallest absolute Gasteiger partial charge is 0.119 e. The number of nitrogens with zero attached hydrogens (tertiary/aromatic N) is 1. The number of likely N-dealkylation sites (tertiary alicyclic amines) is 1. The minimum atomic E-state index is -0.634. The predicted octanol–water partition coefficient (Wildman–Crippen LogP) is 0.501. The van der Waals surface area contributed by atoms with E-state index < -0.39 is 12.2 Å². The first-order chi connectivity index (χ1) is 9.19. The average molecular weight is 267 g/mol. The van der Waals surface area contributed by atoms with E-state index in [1.165, 1.54) is 0 Å². The molecule has 1 aromatic carbocycles. The molecule has 1 aliphatic heterocycles. The molecule has 0 radical (unpaired) electrons. The highest BCUT2D eigenvalue weighted by Crippen LogP contribution is 2.17. The van der Waals surface area contributed by atoms with Gasteiger partial charge in [0.05, 0.1) is 18.8 Å². The van der Waals surface area contributed by atoms with Crippen LogP contribution in [0.3, 0.4) is 0 Å². The average Bonchev–Trinajstić information content (AvgIpc) is 2.71. The van der Waals surface area contributed by atoms with Crippen LogP contribution in [0, 0.1) is 0 Å². The van der Waals surface area contributed by atoms with Crippen LogP contribution in [0.2, 0.25) is 0 Å². The predicted molar refractivity (Wildman–Crippen MR) is 71.6 cm³/mol. The number of ether oxygens (including phenoxy) is 2. The van der Waals surface area contributed by atoms with Crippen molar-refractivity contribution in [3.63, 3.8) is 0 Å². The molecule has 2 rings (SSSR count). The minimum absolute atomic E-state index is 0.508. The van der Waals surface area contributed by atoms with E-state index in [4.69, 9.17) is 9.47 Å². The number of β-amino-alcohol motifs (C(OH)–C–C–N with tert-alkyl or cyclic N) is 2. The van der Waals surface area contributed by atoms with Crippen LogP contribution in [0.15, 0.2) is 24.3 Å². The van der Waals surface area contributed by atoms with Crippen molar-refractivity contribution in [1.29, 1.82) is 0 Å². The van der Waals surface area contributed by atoms with Gasteiger partial charge < -0.3 is 19.7 Å². The normalized spacial score (nSPS) is 23.5. The Balaban J connectivity index is 1.71. The van der Waals surface area contributed by atoms with Gasteiger partial charge in [-0.1, -0.05) is 0 Å². The van der Waals surface area contributed by atoms with Gasteiger partial charge in [0.2, 0.25) is 0 Å². The van der Waals surface area contributed by atoms with Crippen molar-refractivity contribution in [2.24, 2.45) is 0 Å². The first-order valence-electron chi connectivity index (χ1n) is 6.63. The minimum Gasteiger partial charge on any atom is -0.494 e. The van der Waals surface area contributed by atoms with E-state index in [-0.39, 0.29) is 0 Å². The van der Waals surface area contributed by atoms with Crippen molar-refractivity contribution in [3.8, 4) is 11.5 Å². The summed E-state index contributed by atoms with van der Waals surface area (Å²) >= 11 is 0. The van der Waals surface area contributed by atoms with Gasteiger partial charge in [-0.2, -0.15) is 0 Å². The second-order valence-electron chi connectivity index (χ2n) is 4.65. The Morgan fingerprint density at radius 3 is 2.11 bits per heavy atom. The van der Waals surface area contributed by atoms with Crippen molar-refractivity contribution in [2.75, 3.05) is 32.8 Å². The first-order valence-corrected chi connectivity index (χ1v) is 6.63. The molecule has 0 unspecified atom stereocenters. The molecule has 19 heavy (non-hydrogen) atoms. The number of benzene rings is 1. The largest absolute Gasteiger partial charge is 0.494 e. The zero-order valence-electron chi connectivity index (χ0n) is 11.2. The van der Waals surface area contributed by atoms with E-state index >= 15 is 0 Å². The van der Waals surface area contributed by atoms with Gasteiger partial charge in [-0.25, -0.2) is 0 Å². The van der Waals surface area contributed by atoms with Gasteiger partial charge in [0, 0.05) is 19.6 Å². The summed E-state index contributed by atoms with van der Waals surface area (Å²) in [5.74, 6) is 1.63. The molecule has 1 aromatic rings. The molecule has 0 aromatic heterocycles. The Kier molecular flexibility index (Phi) is 5.01. The van der Waals surface area contributed by atoms with Crippen LogP contribution in [-0.2, 0) is 0 Å². The molecule has 5 nitrogen and oxygen atoms in total. The van der Waals surface area contributed by atoms with Gasteiger partial charge in [-0.05, 0) is 31.2 Å². The highest BCUT2D eigenvalue weighted by Gasteiger charge is 2.28. The molecule has 1 aliphatic rings. The van der Waals surface area contributed by atoms with Crippen LogP contribution in [0.1, 0.15) is 6.92 Å². The lowest BCUT2D eigenvalue weighted by molar-refractivity contribution is 0.0572. The van der Waals surface area contributed by atoms with Crippen molar-refractivity contribution in [2.45, 2.75) is 19.1 Å². The first kappa shape index (κ1) is 14.1. The number of rotatable bonds is 6. The molecular formula is C14H21NO4. The van der Waals surface area contributed by atoms with Crippen molar-refractivity contribution < 1.29 is 19.7 Å². The summed E-state index contributed by atoms with van der Waals surface area (Å²) in [6, 6.07) is 7.50. The van der Waals surface area contributed by atoms with Crippen LogP contribution < -0.4 is 9.47 Å². The topological polar surface area (TPSA) is 62.2 Å². The Morgan fingerprint density at radius 1 is 1.05 bits per heavy atom. The summed E-state index contributed by atoms with van der Waals surface area (Å²) < 4.78 is 11.0. The molecule has 2 N–H and O–H groups in total. The second kappa shape index (κ2) is 6.75. The van der Waals surface area contributed by atoms with Gasteiger partial charge in [-0.3, -0.25) is 4.90 Å². The number of hydrogen-bond acceptors (Lipinski definition) is 5. The van der Waals surface area contributed by atoms with E-state index in [1.807, 2.05) is 36.1 Å². The third-order valence-corrected chi connectivity index (χ3v) is 3.15. The van der Waals surface area contributed by atoms with Gasteiger partial charge in [0.25, 0.3) is 0 Å². The summed E-state index contributed by atoms with van der Waals surface area (Å²) in [6.07, 6.45) is -1.27. The lowest BCUT2D eigenvalue weighted by atomic mass is 10.3. The van der Waals surface area contributed by atoms with Gasteiger partial charge >= 0.3 is 0 Å². The van der Waals surface area contributed by atoms with Crippen LogP contribution in [0.5, 0.6) is 11.5 Å². The maximum atomic E-state index is 9.42. The summed E-state index contributed by atoms with van der Waals surface area (Å²) in [6.45, 7) is 4.85. The quantitative estimate of drug-likeness (QED) is 0.786. The fourth-order valence-electron chi connectivity index (χ4n) is 2.12. The second-order valence-corrected chi connectivity index (χ2v) is 4.65. The lowest BCUT2D eigenvalue weighted by Gasteiger charge is -2.15. The van der Waals surface area contributed by atoms with Crippen molar-refractivity contribution >= 4 is 0 Å². The van der Waals surface area contributed by atoms with E-state index in [0.717, 1.165) is 11.5 Å². The zero-order chi connectivity index (χ0) is 13.7. The van der Waals surface area contributed by atoms with Crippen molar-refractivity contribution in [3.05, 3.63) is 24.3 Å². The lowest BCUT2D eigenvalue weighted by Crippen LogP contribution is -2.27. The summed E-state index contributed by atoms with van der Waals surface area (Å²) in [4.78, 5) is 1.99. The Labute approximate surface area is 113 Å². The Morgan fingerprint density at radius 2 is 1.58 bits per heavy atom. The molecule has 0 aliphatic carbocycles. The fraction of sp³-hybridized carbons (Fsp3) is 0.571. The SMILES string of the molecule is CCOc1ccc(OCCN2C[C@@H](O)[C@@H](O)C2)cc1. The Hall–Kier alpha value is -1.30. The maximum Gasteiger partial charge on any atom is 0.119 e. The van der Waals surface area contributed by atoms with Crippen molar-refractivity contribution in [1.82, 2.24) is 4.90 Å². The van der Waals surface area contributed by atoms with Crippen LogP contribution in [0.4, 0.5) is 0 Å². The van der Waals surface area contributed by atoms with E-state index in [0.29, 0.717) is 32.8 Å². The molecule has 0 spiro atoms. The molecule has 0 bridgehead atoms. The molecule has 0 saturated carbocycles. The molecule has 1 heterocycles. The highest BCUT2D eigenvalue weighted by molar-refractivity contribution is 5.31. The summed E-state index contributed by atoms with van der Waals surface area (Å²) in [5, 5.41) is 18.8. The third-order valence-electron chi connectivity index (χ3n) is 3.15. The van der Waals surface area contributed by atoms with E-state index in [9.17, 15) is 10.2 Å². The summed E-state index contributed by atoms with van der Waals surface area (Å²) in [7, 11) is 0. The van der Waals surface area contributed by atoms with E-state index in [2.05, 4.69) is 0 Å². The van der Waals surface area contributed by atoms with Crippen LogP contribution >= 0.6 is 0 Å². The molecule has 106 valence electrons. The molecule has 2 atom stereocenters. The maximum absolute atomic E-state index is 9.42. The van der Waals surface area contributed by atoms with Gasteiger partial charge in [-0.15, -0.1) is 0 Å².